The van der Waals surface area contributed by atoms with Crippen LogP contribution in [0.2, 0.25) is 0 Å². The summed E-state index contributed by atoms with van der Waals surface area (Å²) in [5.41, 5.74) is 1.15. The Morgan fingerprint density at radius 3 is 2.43 bits per heavy atom. The van der Waals surface area contributed by atoms with Gasteiger partial charge in [-0.3, -0.25) is 4.79 Å². The third kappa shape index (κ3) is 3.35. The number of nitrogens with zero attached hydrogens (tertiary/aromatic N) is 1. The van der Waals surface area contributed by atoms with E-state index in [0.717, 1.165) is 25.7 Å². The maximum absolute atomic E-state index is 13.0. The van der Waals surface area contributed by atoms with Crippen LogP contribution in [0.15, 0.2) is 17.0 Å². The summed E-state index contributed by atoms with van der Waals surface area (Å²) >= 11 is 0. The van der Waals surface area contributed by atoms with Crippen molar-refractivity contribution in [2.75, 3.05) is 25.0 Å². The maximum Gasteiger partial charge on any atom is 0.262 e. The van der Waals surface area contributed by atoms with Crippen molar-refractivity contribution in [2.24, 2.45) is 0 Å². The fourth-order valence-corrected chi connectivity index (χ4v) is 4.83. The SMILES string of the molecule is Cc1cc2c(cc1S(=O)(=O)N1CCCCCCC1)OCC(=O)N2. The van der Waals surface area contributed by atoms with Crippen molar-refractivity contribution in [1.29, 1.82) is 0 Å². The summed E-state index contributed by atoms with van der Waals surface area (Å²) in [6.45, 7) is 2.80. The number of anilines is 1. The van der Waals surface area contributed by atoms with Gasteiger partial charge in [0.05, 0.1) is 10.6 Å². The van der Waals surface area contributed by atoms with Crippen LogP contribution in [-0.2, 0) is 14.8 Å². The maximum atomic E-state index is 13.0. The first kappa shape index (κ1) is 16.3. The van der Waals surface area contributed by atoms with E-state index >= 15 is 0 Å². The largest absolute Gasteiger partial charge is 0.482 e. The Morgan fingerprint density at radius 2 is 1.74 bits per heavy atom. The lowest BCUT2D eigenvalue weighted by atomic mass is 10.1. The third-order valence-corrected chi connectivity index (χ3v) is 6.38. The van der Waals surface area contributed by atoms with Crippen LogP contribution in [-0.4, -0.2) is 38.3 Å². The minimum Gasteiger partial charge on any atom is -0.482 e. The summed E-state index contributed by atoms with van der Waals surface area (Å²) in [4.78, 5) is 11.6. The molecule has 0 atom stereocenters. The van der Waals surface area contributed by atoms with Gasteiger partial charge < -0.3 is 10.1 Å². The molecular weight excluding hydrogens is 316 g/mol. The number of benzene rings is 1. The summed E-state index contributed by atoms with van der Waals surface area (Å²) in [6.07, 6.45) is 5.12. The average molecular weight is 338 g/mol. The normalized spacial score (nSPS) is 20.0. The van der Waals surface area contributed by atoms with Crippen LogP contribution in [0.4, 0.5) is 5.69 Å². The molecule has 0 unspecified atom stereocenters. The molecule has 1 aromatic rings. The predicted molar refractivity (Wildman–Crippen MR) is 87.1 cm³/mol. The molecule has 0 spiro atoms. The van der Waals surface area contributed by atoms with Crippen LogP contribution in [0.3, 0.4) is 0 Å². The lowest BCUT2D eigenvalue weighted by molar-refractivity contribution is -0.118. The van der Waals surface area contributed by atoms with Crippen LogP contribution >= 0.6 is 0 Å². The number of carbonyl (C=O) groups is 1. The van der Waals surface area contributed by atoms with E-state index in [1.165, 1.54) is 12.5 Å². The number of amides is 1. The Bertz CT molecular complexity index is 707. The number of aryl methyl sites for hydroxylation is 1. The highest BCUT2D eigenvalue weighted by molar-refractivity contribution is 7.89. The molecule has 1 fully saturated rings. The van der Waals surface area contributed by atoms with E-state index in [0.29, 0.717) is 30.1 Å². The van der Waals surface area contributed by atoms with Crippen molar-refractivity contribution in [3.8, 4) is 5.75 Å². The summed E-state index contributed by atoms with van der Waals surface area (Å²) in [5, 5.41) is 2.70. The third-order valence-electron chi connectivity index (χ3n) is 4.34. The number of rotatable bonds is 2. The quantitative estimate of drug-likeness (QED) is 0.897. The second-order valence-corrected chi connectivity index (χ2v) is 8.03. The van der Waals surface area contributed by atoms with E-state index in [1.54, 1.807) is 17.3 Å². The van der Waals surface area contributed by atoms with E-state index < -0.39 is 10.0 Å². The van der Waals surface area contributed by atoms with Crippen molar-refractivity contribution in [2.45, 2.75) is 43.9 Å². The zero-order chi connectivity index (χ0) is 16.4. The highest BCUT2D eigenvalue weighted by Crippen LogP contribution is 2.34. The molecule has 1 amide bonds. The Kier molecular flexibility index (Phi) is 4.59. The average Bonchev–Trinajstić information content (AvgIpc) is 2.45. The van der Waals surface area contributed by atoms with Crippen LogP contribution in [0.25, 0.3) is 0 Å². The molecule has 0 bridgehead atoms. The monoisotopic (exact) mass is 338 g/mol. The molecule has 2 aliphatic heterocycles. The van der Waals surface area contributed by atoms with Gasteiger partial charge in [0.1, 0.15) is 5.75 Å². The molecule has 0 saturated carbocycles. The molecular formula is C16H22N2O4S. The fraction of sp³-hybridized carbons (Fsp3) is 0.562. The van der Waals surface area contributed by atoms with Crippen LogP contribution in [0.1, 0.15) is 37.7 Å². The molecule has 2 aliphatic rings. The lowest BCUT2D eigenvalue weighted by Crippen LogP contribution is -2.34. The number of sulfonamides is 1. The smallest absolute Gasteiger partial charge is 0.262 e. The van der Waals surface area contributed by atoms with Gasteiger partial charge in [-0.2, -0.15) is 4.31 Å². The van der Waals surface area contributed by atoms with Gasteiger partial charge >= 0.3 is 0 Å². The van der Waals surface area contributed by atoms with Gasteiger partial charge in [0.2, 0.25) is 10.0 Å². The number of carbonyl (C=O) groups excluding carboxylic acids is 1. The number of hydrogen-bond donors (Lipinski definition) is 1. The zero-order valence-corrected chi connectivity index (χ0v) is 14.1. The highest BCUT2D eigenvalue weighted by atomic mass is 32.2. The number of fused-ring (bicyclic) bond motifs is 1. The standard InChI is InChI=1S/C16H22N2O4S/c1-12-9-13-14(22-11-16(19)17-13)10-15(12)23(20,21)18-7-5-3-2-4-6-8-18/h9-10H,2-8,11H2,1H3,(H,17,19). The number of hydrogen-bond acceptors (Lipinski definition) is 4. The Hall–Kier alpha value is -1.60. The van der Waals surface area contributed by atoms with Crippen LogP contribution < -0.4 is 10.1 Å². The van der Waals surface area contributed by atoms with Crippen molar-refractivity contribution < 1.29 is 17.9 Å². The number of nitrogens with one attached hydrogen (secondary N) is 1. The van der Waals surface area contributed by atoms with Gasteiger partial charge in [-0.05, 0) is 31.4 Å². The summed E-state index contributed by atoms with van der Waals surface area (Å²) in [7, 11) is -3.54. The molecule has 1 aromatic carbocycles. The second kappa shape index (κ2) is 6.49. The minimum absolute atomic E-state index is 0.0841. The zero-order valence-electron chi connectivity index (χ0n) is 13.3. The molecule has 0 aromatic heterocycles. The van der Waals surface area contributed by atoms with Crippen LogP contribution in [0.5, 0.6) is 5.75 Å². The molecule has 126 valence electrons. The second-order valence-electron chi connectivity index (χ2n) is 6.12. The molecule has 6 nitrogen and oxygen atoms in total. The van der Waals surface area contributed by atoms with Gasteiger partial charge in [-0.25, -0.2) is 8.42 Å². The summed E-state index contributed by atoms with van der Waals surface area (Å²) in [5.74, 6) is 0.192. The Balaban J connectivity index is 1.94. The van der Waals surface area contributed by atoms with E-state index in [1.807, 2.05) is 0 Å². The van der Waals surface area contributed by atoms with Crippen molar-refractivity contribution >= 4 is 21.6 Å². The van der Waals surface area contributed by atoms with E-state index in [4.69, 9.17) is 4.74 Å². The van der Waals surface area contributed by atoms with Gasteiger partial charge in [-0.1, -0.05) is 19.3 Å². The Morgan fingerprint density at radius 1 is 1.09 bits per heavy atom. The molecule has 1 N–H and O–H groups in total. The molecule has 1 saturated heterocycles. The fourth-order valence-electron chi connectivity index (χ4n) is 3.09. The van der Waals surface area contributed by atoms with Gasteiger partial charge in [-0.15, -0.1) is 0 Å². The molecule has 7 heteroatoms. The molecule has 23 heavy (non-hydrogen) atoms. The molecule has 0 aliphatic carbocycles. The summed E-state index contributed by atoms with van der Waals surface area (Å²) < 4.78 is 33.0. The van der Waals surface area contributed by atoms with E-state index in [9.17, 15) is 13.2 Å². The molecule has 0 radical (unpaired) electrons. The minimum atomic E-state index is -3.54. The Labute approximate surface area is 136 Å². The number of ether oxygens (including phenoxy) is 1. The van der Waals surface area contributed by atoms with Crippen molar-refractivity contribution in [3.63, 3.8) is 0 Å². The van der Waals surface area contributed by atoms with E-state index in [2.05, 4.69) is 5.32 Å². The molecule has 3 rings (SSSR count). The molecule has 2 heterocycles. The first-order chi connectivity index (χ1) is 11.0. The summed E-state index contributed by atoms with van der Waals surface area (Å²) in [6, 6.07) is 3.21. The van der Waals surface area contributed by atoms with Gasteiger partial charge in [0, 0.05) is 19.2 Å². The topological polar surface area (TPSA) is 75.7 Å². The van der Waals surface area contributed by atoms with Crippen LogP contribution in [0, 0.1) is 6.92 Å². The first-order valence-corrected chi connectivity index (χ1v) is 9.50. The van der Waals surface area contributed by atoms with Gasteiger partial charge in [0.25, 0.3) is 5.91 Å². The van der Waals surface area contributed by atoms with Gasteiger partial charge in [0.15, 0.2) is 6.61 Å². The first-order valence-electron chi connectivity index (χ1n) is 8.06. The highest BCUT2D eigenvalue weighted by Gasteiger charge is 2.28. The van der Waals surface area contributed by atoms with Crippen molar-refractivity contribution in [3.05, 3.63) is 17.7 Å². The lowest BCUT2D eigenvalue weighted by Gasteiger charge is -2.26. The predicted octanol–water partition coefficient (Wildman–Crippen LogP) is 2.28. The van der Waals surface area contributed by atoms with E-state index in [-0.39, 0.29) is 17.4 Å². The van der Waals surface area contributed by atoms with Crippen molar-refractivity contribution in [1.82, 2.24) is 4.31 Å².